The third-order valence-corrected chi connectivity index (χ3v) is 8.82. The summed E-state index contributed by atoms with van der Waals surface area (Å²) in [7, 11) is 0. The maximum absolute atomic E-state index is 13.5. The lowest BCUT2D eigenvalue weighted by Gasteiger charge is -2.43. The highest BCUT2D eigenvalue weighted by atomic mass is 16.7. The molecule has 2 aromatic carbocycles. The summed E-state index contributed by atoms with van der Waals surface area (Å²) in [4.78, 5) is 45.9. The van der Waals surface area contributed by atoms with Crippen molar-refractivity contribution in [2.75, 3.05) is 24.0 Å². The molecule has 9 nitrogen and oxygen atoms in total. The molecule has 9 heteroatoms. The van der Waals surface area contributed by atoms with Crippen LogP contribution >= 0.6 is 0 Å². The first kappa shape index (κ1) is 24.6. The molecule has 1 aromatic heterocycles. The highest BCUT2D eigenvalue weighted by molar-refractivity contribution is 6.06. The van der Waals surface area contributed by atoms with E-state index in [4.69, 9.17) is 9.47 Å². The normalized spacial score (nSPS) is 23.6. The van der Waals surface area contributed by atoms with Gasteiger partial charge in [0.15, 0.2) is 11.5 Å². The smallest absolute Gasteiger partial charge is 0.244 e. The van der Waals surface area contributed by atoms with Crippen molar-refractivity contribution >= 4 is 29.2 Å². The summed E-state index contributed by atoms with van der Waals surface area (Å²) in [5.74, 6) is 1.61. The first-order valence-electron chi connectivity index (χ1n) is 13.6. The molecule has 0 saturated carbocycles. The van der Waals surface area contributed by atoms with Crippen LogP contribution in [0.1, 0.15) is 55.0 Å². The SMILES string of the molecule is CC1(C)CC[C@@H](c2ccc3c(c2)OCO3)N(CC(=O)Nc2ccc3c(c2)C[C@@]2(C3)C(=O)Nc3ncccc32)C1=O. The van der Waals surface area contributed by atoms with Crippen LogP contribution in [0.5, 0.6) is 11.5 Å². The standard InChI is InChI=1S/C31H30N4O5/c1-30(2)10-9-23(18-6-8-24-25(13-18)40-17-39-24)35(29(30)38)16-26(36)33-21-7-5-19-14-31(15-20(19)12-21)22-4-3-11-32-27(22)34-28(31)37/h3-8,11-13,23H,9-10,14-17H2,1-2H3,(H,33,36)(H,32,34,37)/t23-,31+/m0/s1. The van der Waals surface area contributed by atoms with Crippen LogP contribution in [0.25, 0.3) is 0 Å². The minimum absolute atomic E-state index is 0.0382. The van der Waals surface area contributed by atoms with Crippen LogP contribution in [-0.2, 0) is 32.6 Å². The molecule has 204 valence electrons. The average molecular weight is 539 g/mol. The second-order valence-electron chi connectivity index (χ2n) is 11.8. The summed E-state index contributed by atoms with van der Waals surface area (Å²) in [5, 5.41) is 5.93. The van der Waals surface area contributed by atoms with Gasteiger partial charge in [0.1, 0.15) is 12.4 Å². The Hall–Kier alpha value is -4.40. The van der Waals surface area contributed by atoms with Crippen molar-refractivity contribution in [1.82, 2.24) is 9.88 Å². The zero-order chi connectivity index (χ0) is 27.6. The minimum Gasteiger partial charge on any atom is -0.454 e. The van der Waals surface area contributed by atoms with Crippen molar-refractivity contribution in [3.8, 4) is 11.5 Å². The third kappa shape index (κ3) is 3.83. The molecule has 3 aromatic rings. The van der Waals surface area contributed by atoms with Crippen molar-refractivity contribution in [2.45, 2.75) is 51.0 Å². The topological polar surface area (TPSA) is 110 Å². The van der Waals surface area contributed by atoms with Gasteiger partial charge in [-0.3, -0.25) is 14.4 Å². The minimum atomic E-state index is -0.668. The molecule has 2 N–H and O–H groups in total. The number of hydrogen-bond donors (Lipinski definition) is 2. The van der Waals surface area contributed by atoms with E-state index in [2.05, 4.69) is 15.6 Å². The average Bonchev–Trinajstić information content (AvgIpc) is 3.62. The number of piperidine rings is 1. The second kappa shape index (κ2) is 8.81. The van der Waals surface area contributed by atoms with Crippen LogP contribution in [0.15, 0.2) is 54.7 Å². The van der Waals surface area contributed by atoms with Crippen molar-refractivity contribution in [3.05, 3.63) is 77.0 Å². The number of amides is 3. The quantitative estimate of drug-likeness (QED) is 0.517. The van der Waals surface area contributed by atoms with E-state index in [-0.39, 0.29) is 37.1 Å². The Morgan fingerprint density at radius 1 is 1.07 bits per heavy atom. The van der Waals surface area contributed by atoms with E-state index in [1.165, 1.54) is 0 Å². The summed E-state index contributed by atoms with van der Waals surface area (Å²) < 4.78 is 11.0. The Morgan fingerprint density at radius 3 is 2.77 bits per heavy atom. The highest BCUT2D eigenvalue weighted by Gasteiger charge is 2.51. The number of pyridine rings is 1. The fourth-order valence-electron chi connectivity index (χ4n) is 6.64. The number of likely N-dealkylation sites (tertiary alicyclic amines) is 1. The van der Waals surface area contributed by atoms with Crippen LogP contribution in [-0.4, -0.2) is 40.9 Å². The molecule has 0 unspecified atom stereocenters. The second-order valence-corrected chi connectivity index (χ2v) is 11.8. The molecule has 1 spiro atoms. The largest absolute Gasteiger partial charge is 0.454 e. The van der Waals surface area contributed by atoms with Crippen LogP contribution < -0.4 is 20.1 Å². The van der Waals surface area contributed by atoms with E-state index in [0.29, 0.717) is 35.8 Å². The maximum atomic E-state index is 13.5. The number of nitrogens with zero attached hydrogens (tertiary/aromatic N) is 2. The number of ether oxygens (including phenoxy) is 2. The van der Waals surface area contributed by atoms with Gasteiger partial charge in [0.25, 0.3) is 0 Å². The number of hydrogen-bond acceptors (Lipinski definition) is 6. The van der Waals surface area contributed by atoms with Crippen molar-refractivity contribution < 1.29 is 23.9 Å². The zero-order valence-corrected chi connectivity index (χ0v) is 22.5. The molecular weight excluding hydrogens is 508 g/mol. The van der Waals surface area contributed by atoms with Gasteiger partial charge in [0.05, 0.1) is 11.5 Å². The van der Waals surface area contributed by atoms with Crippen molar-refractivity contribution in [1.29, 1.82) is 0 Å². The molecule has 4 aliphatic rings. The Kier molecular flexibility index (Phi) is 5.42. The van der Waals surface area contributed by atoms with Gasteiger partial charge in [-0.25, -0.2) is 4.98 Å². The van der Waals surface area contributed by atoms with E-state index in [1.54, 1.807) is 11.1 Å². The van der Waals surface area contributed by atoms with Gasteiger partial charge in [-0.15, -0.1) is 0 Å². The van der Waals surface area contributed by atoms with E-state index in [9.17, 15) is 14.4 Å². The molecule has 3 amide bonds. The summed E-state index contributed by atoms with van der Waals surface area (Å²) in [6.45, 7) is 3.97. The van der Waals surface area contributed by atoms with Gasteiger partial charge >= 0.3 is 0 Å². The number of fused-ring (bicyclic) bond motifs is 4. The van der Waals surface area contributed by atoms with Gasteiger partial charge in [0, 0.05) is 22.9 Å². The number of carbonyl (C=O) groups is 3. The van der Waals surface area contributed by atoms with E-state index in [0.717, 1.165) is 35.1 Å². The number of aromatic nitrogens is 1. The number of rotatable bonds is 4. The molecular formula is C31H30N4O5. The number of benzene rings is 2. The predicted molar refractivity (Wildman–Crippen MR) is 147 cm³/mol. The lowest BCUT2D eigenvalue weighted by atomic mass is 9.78. The first-order chi connectivity index (χ1) is 19.2. The molecule has 1 aliphatic carbocycles. The van der Waals surface area contributed by atoms with E-state index < -0.39 is 10.8 Å². The molecule has 0 bridgehead atoms. The summed E-state index contributed by atoms with van der Waals surface area (Å²) in [6, 6.07) is 15.1. The number of carbonyl (C=O) groups excluding carboxylic acids is 3. The first-order valence-corrected chi connectivity index (χ1v) is 13.6. The highest BCUT2D eigenvalue weighted by Crippen LogP contribution is 2.47. The molecule has 1 fully saturated rings. The maximum Gasteiger partial charge on any atom is 0.244 e. The monoisotopic (exact) mass is 538 g/mol. The summed E-state index contributed by atoms with van der Waals surface area (Å²) in [5.41, 5.74) is 3.38. The summed E-state index contributed by atoms with van der Waals surface area (Å²) in [6.07, 6.45) is 4.28. The van der Waals surface area contributed by atoms with Gasteiger partial charge in [-0.2, -0.15) is 0 Å². The molecule has 7 rings (SSSR count). The molecule has 3 aliphatic heterocycles. The fourth-order valence-corrected chi connectivity index (χ4v) is 6.64. The Bertz CT molecular complexity index is 1580. The molecule has 1 saturated heterocycles. The fraction of sp³-hybridized carbons (Fsp3) is 0.355. The lowest BCUT2D eigenvalue weighted by molar-refractivity contribution is -0.150. The van der Waals surface area contributed by atoms with Crippen LogP contribution in [0.2, 0.25) is 0 Å². The van der Waals surface area contributed by atoms with Crippen LogP contribution in [0.3, 0.4) is 0 Å². The third-order valence-electron chi connectivity index (χ3n) is 8.82. The molecule has 2 atom stereocenters. The molecule has 0 radical (unpaired) electrons. The van der Waals surface area contributed by atoms with E-state index in [1.807, 2.05) is 62.4 Å². The van der Waals surface area contributed by atoms with Crippen LogP contribution in [0, 0.1) is 5.41 Å². The predicted octanol–water partition coefficient (Wildman–Crippen LogP) is 4.13. The van der Waals surface area contributed by atoms with Crippen molar-refractivity contribution in [3.63, 3.8) is 0 Å². The van der Waals surface area contributed by atoms with Crippen molar-refractivity contribution in [2.24, 2.45) is 5.41 Å². The van der Waals surface area contributed by atoms with Gasteiger partial charge in [0.2, 0.25) is 24.5 Å². The molecule has 40 heavy (non-hydrogen) atoms. The Morgan fingerprint density at radius 2 is 1.90 bits per heavy atom. The summed E-state index contributed by atoms with van der Waals surface area (Å²) >= 11 is 0. The number of nitrogens with one attached hydrogen (secondary N) is 2. The molecule has 4 heterocycles. The zero-order valence-electron chi connectivity index (χ0n) is 22.5. The van der Waals surface area contributed by atoms with Gasteiger partial charge in [-0.05, 0) is 72.7 Å². The van der Waals surface area contributed by atoms with Gasteiger partial charge < -0.3 is 25.0 Å². The van der Waals surface area contributed by atoms with E-state index >= 15 is 0 Å². The Balaban J connectivity index is 1.10. The number of anilines is 2. The lowest BCUT2D eigenvalue weighted by Crippen LogP contribution is -2.50. The van der Waals surface area contributed by atoms with Gasteiger partial charge in [-0.1, -0.05) is 32.0 Å². The van der Waals surface area contributed by atoms with Crippen LogP contribution in [0.4, 0.5) is 11.5 Å². The Labute approximate surface area is 231 Å².